The molecule has 0 aliphatic carbocycles. The van der Waals surface area contributed by atoms with Crippen LogP contribution in [0.2, 0.25) is 10.0 Å². The topological polar surface area (TPSA) is 133 Å². The number of carbonyl (C=O) groups is 2. The van der Waals surface area contributed by atoms with Crippen molar-refractivity contribution >= 4 is 54.9 Å². The molecule has 2 saturated heterocycles. The number of nitrogens with zero attached hydrogens (tertiary/aromatic N) is 2. The highest BCUT2D eigenvalue weighted by Gasteiger charge is 2.63. The first kappa shape index (κ1) is 29.7. The van der Waals surface area contributed by atoms with Gasteiger partial charge in [-0.1, -0.05) is 35.3 Å². The summed E-state index contributed by atoms with van der Waals surface area (Å²) >= 11 is 11.9. The van der Waals surface area contributed by atoms with E-state index in [4.69, 9.17) is 23.2 Å². The molecule has 0 bridgehead atoms. The Kier molecular flexibility index (Phi) is 8.07. The van der Waals surface area contributed by atoms with Crippen molar-refractivity contribution < 1.29 is 30.8 Å². The normalized spacial score (nSPS) is 24.3. The number of sulfone groups is 1. The van der Waals surface area contributed by atoms with Gasteiger partial charge in [-0.2, -0.15) is 0 Å². The Labute approximate surface area is 236 Å². The molecular weight excluding hydrogens is 594 g/mol. The number of hydrogen-bond acceptors (Lipinski definition) is 7. The molecule has 0 saturated carbocycles. The highest BCUT2D eigenvalue weighted by Crippen LogP contribution is 2.39. The van der Waals surface area contributed by atoms with Gasteiger partial charge in [-0.3, -0.25) is 19.8 Å². The number of benzene rings is 2. The standard InChI is InChI=1S/C24H27Cl2FN4O6S2/c1-14(2)30-13-24(39(36,37)21-9-8-17(26)11-18(21)27)28-12-19(29-38(3,34)35)22(32)31(24)20(23(30)33)10-15-4-6-16(25)7-5-15/h4-9,11,14,19-20,28-29H,10,12-13H2,1-3H3. The first-order valence-corrected chi connectivity index (χ1v) is 16.0. The molecule has 10 nitrogen and oxygen atoms in total. The molecule has 39 heavy (non-hydrogen) atoms. The van der Waals surface area contributed by atoms with Gasteiger partial charge < -0.3 is 4.90 Å². The summed E-state index contributed by atoms with van der Waals surface area (Å²) < 4.78 is 69.9. The van der Waals surface area contributed by atoms with Gasteiger partial charge in [0.1, 0.15) is 22.8 Å². The van der Waals surface area contributed by atoms with E-state index in [1.54, 1.807) is 38.1 Å². The fourth-order valence-corrected chi connectivity index (χ4v) is 7.89. The molecule has 0 radical (unpaired) electrons. The second kappa shape index (κ2) is 10.6. The number of nitrogens with one attached hydrogen (secondary N) is 2. The molecule has 15 heteroatoms. The number of amides is 2. The van der Waals surface area contributed by atoms with Crippen LogP contribution in [0.3, 0.4) is 0 Å². The van der Waals surface area contributed by atoms with Crippen LogP contribution in [-0.4, -0.2) is 80.9 Å². The average molecular weight is 622 g/mol. The largest absolute Gasteiger partial charge is 0.334 e. The number of hydrogen-bond donors (Lipinski definition) is 2. The summed E-state index contributed by atoms with van der Waals surface area (Å²) in [6, 6.07) is 6.20. The van der Waals surface area contributed by atoms with E-state index in [1.165, 1.54) is 11.0 Å². The van der Waals surface area contributed by atoms with Crippen molar-refractivity contribution in [3.8, 4) is 0 Å². The van der Waals surface area contributed by atoms with Crippen LogP contribution >= 0.6 is 23.2 Å². The summed E-state index contributed by atoms with van der Waals surface area (Å²) in [6.45, 7) is 2.43. The van der Waals surface area contributed by atoms with Crippen LogP contribution in [0.5, 0.6) is 0 Å². The van der Waals surface area contributed by atoms with Crippen LogP contribution in [0.25, 0.3) is 0 Å². The molecule has 2 aromatic carbocycles. The third-order valence-electron chi connectivity index (χ3n) is 6.72. The molecule has 2 fully saturated rings. The van der Waals surface area contributed by atoms with Gasteiger partial charge in [0, 0.05) is 29.1 Å². The maximum atomic E-state index is 15.1. The van der Waals surface area contributed by atoms with E-state index in [9.17, 15) is 26.4 Å². The van der Waals surface area contributed by atoms with E-state index in [0.717, 1.165) is 23.3 Å². The number of sulfonamides is 1. The maximum absolute atomic E-state index is 15.1. The SMILES string of the molecule is CC(C)N1CC2(S(=O)(=O)c3ccc(Cl)cc3F)NCC(NS(C)(=O)=O)C(=O)N2C(Cc2ccc(Cl)cc2)C1=O. The fraction of sp³-hybridized carbons (Fsp3) is 0.417. The van der Waals surface area contributed by atoms with E-state index < -0.39 is 78.6 Å². The zero-order valence-electron chi connectivity index (χ0n) is 21.2. The van der Waals surface area contributed by atoms with Crippen molar-refractivity contribution in [3.05, 3.63) is 63.9 Å². The van der Waals surface area contributed by atoms with Crippen LogP contribution < -0.4 is 10.0 Å². The number of piperazine rings is 1. The molecular formula is C24H27Cl2FN4O6S2. The number of fused-ring (bicyclic) bond motifs is 1. The molecule has 2 aromatic rings. The van der Waals surface area contributed by atoms with E-state index in [0.29, 0.717) is 10.6 Å². The molecule has 0 spiro atoms. The van der Waals surface area contributed by atoms with Gasteiger partial charge in [0.05, 0.1) is 12.8 Å². The lowest BCUT2D eigenvalue weighted by atomic mass is 9.96. The summed E-state index contributed by atoms with van der Waals surface area (Å²) in [6.07, 6.45) is 0.744. The lowest BCUT2D eigenvalue weighted by molar-refractivity contribution is -0.166. The Morgan fingerprint density at radius 3 is 2.23 bits per heavy atom. The molecule has 2 aliphatic heterocycles. The first-order valence-electron chi connectivity index (χ1n) is 11.9. The molecule has 2 aliphatic rings. The molecule has 2 amide bonds. The highest BCUT2D eigenvalue weighted by atomic mass is 35.5. The monoisotopic (exact) mass is 620 g/mol. The summed E-state index contributed by atoms with van der Waals surface area (Å²) in [7, 11) is -8.69. The average Bonchev–Trinajstić information content (AvgIpc) is 2.82. The van der Waals surface area contributed by atoms with Crippen molar-refractivity contribution in [3.63, 3.8) is 0 Å². The van der Waals surface area contributed by atoms with E-state index in [2.05, 4.69) is 10.0 Å². The summed E-state index contributed by atoms with van der Waals surface area (Å²) in [5.41, 5.74) is 0.568. The smallest absolute Gasteiger partial charge is 0.246 e. The second-order valence-corrected chi connectivity index (χ2v) is 14.6. The third-order valence-corrected chi connectivity index (χ3v) is 10.2. The minimum absolute atomic E-state index is 0.0332. The number of halogens is 3. The van der Waals surface area contributed by atoms with Gasteiger partial charge in [0.2, 0.25) is 36.7 Å². The maximum Gasteiger partial charge on any atom is 0.246 e. The summed E-state index contributed by atoms with van der Waals surface area (Å²) in [5.74, 6) is -2.62. The van der Waals surface area contributed by atoms with Gasteiger partial charge >= 0.3 is 0 Å². The van der Waals surface area contributed by atoms with Crippen LogP contribution in [0.1, 0.15) is 19.4 Å². The van der Waals surface area contributed by atoms with Crippen molar-refractivity contribution in [2.45, 2.75) is 48.3 Å². The Balaban J connectivity index is 1.94. The van der Waals surface area contributed by atoms with E-state index in [1.807, 2.05) is 0 Å². The highest BCUT2D eigenvalue weighted by molar-refractivity contribution is 7.92. The molecule has 4 rings (SSSR count). The third kappa shape index (κ3) is 5.52. The van der Waals surface area contributed by atoms with Crippen LogP contribution in [0.4, 0.5) is 4.39 Å². The zero-order chi connectivity index (χ0) is 28.9. The minimum atomic E-state index is -4.78. The quantitative estimate of drug-likeness (QED) is 0.482. The van der Waals surface area contributed by atoms with Crippen molar-refractivity contribution in [2.75, 3.05) is 19.3 Å². The number of rotatable bonds is 7. The number of carbonyl (C=O) groups excluding carboxylic acids is 2. The molecule has 2 heterocycles. The Morgan fingerprint density at radius 1 is 1.05 bits per heavy atom. The van der Waals surface area contributed by atoms with Crippen molar-refractivity contribution in [2.24, 2.45) is 0 Å². The Bertz CT molecular complexity index is 1520. The zero-order valence-corrected chi connectivity index (χ0v) is 24.3. The summed E-state index contributed by atoms with van der Waals surface area (Å²) in [4.78, 5) is 26.9. The van der Waals surface area contributed by atoms with Gasteiger partial charge in [0.25, 0.3) is 0 Å². The Hall–Kier alpha value is -2.29. The fourth-order valence-electron chi connectivity index (χ4n) is 4.92. The van der Waals surface area contributed by atoms with Gasteiger partial charge in [-0.15, -0.1) is 0 Å². The lowest BCUT2D eigenvalue weighted by Crippen LogP contribution is -2.83. The minimum Gasteiger partial charge on any atom is -0.334 e. The van der Waals surface area contributed by atoms with E-state index >= 15 is 4.39 Å². The van der Waals surface area contributed by atoms with Crippen LogP contribution in [-0.2, 0) is 35.9 Å². The molecule has 3 atom stereocenters. The van der Waals surface area contributed by atoms with Crippen LogP contribution in [0.15, 0.2) is 47.4 Å². The van der Waals surface area contributed by atoms with Gasteiger partial charge in [-0.05, 0) is 49.7 Å². The van der Waals surface area contributed by atoms with E-state index in [-0.39, 0.29) is 11.4 Å². The predicted molar refractivity (Wildman–Crippen MR) is 144 cm³/mol. The summed E-state index contributed by atoms with van der Waals surface area (Å²) in [5, 5.41) is 3.22. The Morgan fingerprint density at radius 2 is 1.67 bits per heavy atom. The molecule has 3 unspecified atom stereocenters. The van der Waals surface area contributed by atoms with Crippen molar-refractivity contribution in [1.82, 2.24) is 19.8 Å². The van der Waals surface area contributed by atoms with Gasteiger partial charge in [0.15, 0.2) is 0 Å². The molecule has 0 aromatic heterocycles. The lowest BCUT2D eigenvalue weighted by Gasteiger charge is -2.57. The van der Waals surface area contributed by atoms with Crippen molar-refractivity contribution in [1.29, 1.82) is 0 Å². The second-order valence-electron chi connectivity index (χ2n) is 9.80. The first-order chi connectivity index (χ1) is 18.1. The molecule has 2 N–H and O–H groups in total. The van der Waals surface area contributed by atoms with Crippen LogP contribution in [0, 0.1) is 5.82 Å². The predicted octanol–water partition coefficient (Wildman–Crippen LogP) is 1.77. The molecule has 212 valence electrons. The van der Waals surface area contributed by atoms with Gasteiger partial charge in [-0.25, -0.2) is 25.9 Å².